The molecule has 1 aromatic heterocycles. The zero-order chi connectivity index (χ0) is 14.8. The lowest BCUT2D eigenvalue weighted by atomic mass is 10.1. The zero-order valence-electron chi connectivity index (χ0n) is 10.8. The van der Waals surface area contributed by atoms with Crippen molar-refractivity contribution >= 4 is 16.7 Å². The van der Waals surface area contributed by atoms with E-state index in [1.165, 1.54) is 0 Å². The lowest BCUT2D eigenvalue weighted by Gasteiger charge is -2.08. The van der Waals surface area contributed by atoms with Gasteiger partial charge in [-0.05, 0) is 31.2 Å². The molecule has 1 heterocycles. The fourth-order valence-corrected chi connectivity index (χ4v) is 1.82. The Hall–Kier alpha value is -1.95. The van der Waals surface area contributed by atoms with E-state index in [-0.39, 0.29) is 12.3 Å². The Labute approximate surface area is 113 Å². The molecule has 2 aromatic rings. The number of nitrogens with zero attached hydrogens (tertiary/aromatic N) is 1. The summed E-state index contributed by atoms with van der Waals surface area (Å²) in [5, 5.41) is 2.88. The van der Waals surface area contributed by atoms with Crippen LogP contribution in [0, 0.1) is 6.92 Å². The number of aromatic nitrogens is 1. The molecule has 0 bridgehead atoms. The van der Waals surface area contributed by atoms with Gasteiger partial charge in [0, 0.05) is 16.6 Å². The Morgan fingerprint density at radius 3 is 2.70 bits per heavy atom. The normalized spacial score (nSPS) is 11.8. The Morgan fingerprint density at radius 2 is 2.00 bits per heavy atom. The lowest BCUT2D eigenvalue weighted by Crippen LogP contribution is -2.32. The fraction of sp³-hybridized carbons (Fsp3) is 0.286. The number of nitrogens with one attached hydrogen (secondary N) is 1. The second kappa shape index (κ2) is 5.58. The topological polar surface area (TPSA) is 42.0 Å². The molecule has 0 aliphatic rings. The average Bonchev–Trinajstić information content (AvgIpc) is 2.36. The molecule has 0 atom stereocenters. The van der Waals surface area contributed by atoms with Crippen molar-refractivity contribution in [1.29, 1.82) is 0 Å². The Morgan fingerprint density at radius 1 is 1.25 bits per heavy atom. The van der Waals surface area contributed by atoms with E-state index in [9.17, 15) is 18.0 Å². The highest BCUT2D eigenvalue weighted by Gasteiger charge is 2.26. The maximum absolute atomic E-state index is 12.0. The predicted molar refractivity (Wildman–Crippen MR) is 69.7 cm³/mol. The highest BCUT2D eigenvalue weighted by molar-refractivity contribution is 6.00. The van der Waals surface area contributed by atoms with Crippen LogP contribution >= 0.6 is 0 Å². The summed E-state index contributed by atoms with van der Waals surface area (Å²) in [5.74, 6) is -0.378. The molecule has 0 aliphatic heterocycles. The number of benzene rings is 1. The van der Waals surface area contributed by atoms with Gasteiger partial charge in [-0.2, -0.15) is 13.2 Å². The first-order chi connectivity index (χ1) is 9.35. The Kier molecular flexibility index (Phi) is 4.04. The van der Waals surface area contributed by atoms with Crippen LogP contribution in [0.5, 0.6) is 0 Å². The number of ketones is 1. The van der Waals surface area contributed by atoms with E-state index in [2.05, 4.69) is 10.3 Å². The van der Waals surface area contributed by atoms with Gasteiger partial charge in [0.2, 0.25) is 0 Å². The number of hydrogen-bond donors (Lipinski definition) is 1. The van der Waals surface area contributed by atoms with Gasteiger partial charge in [0.25, 0.3) is 0 Å². The summed E-state index contributed by atoms with van der Waals surface area (Å²) in [6, 6.07) is 8.56. The third kappa shape index (κ3) is 3.77. The van der Waals surface area contributed by atoms with E-state index in [4.69, 9.17) is 0 Å². The molecule has 0 unspecified atom stereocenters. The number of carbonyl (C=O) groups excluding carboxylic acids is 1. The second-order valence-corrected chi connectivity index (χ2v) is 4.50. The van der Waals surface area contributed by atoms with Crippen LogP contribution in [-0.4, -0.2) is 30.0 Å². The number of alkyl halides is 3. The second-order valence-electron chi connectivity index (χ2n) is 4.50. The molecule has 0 aliphatic carbocycles. The van der Waals surface area contributed by atoms with Crippen LogP contribution in [0.25, 0.3) is 10.9 Å². The molecule has 0 saturated carbocycles. The van der Waals surface area contributed by atoms with Gasteiger partial charge in [-0.25, -0.2) is 0 Å². The van der Waals surface area contributed by atoms with Gasteiger partial charge in [0.1, 0.15) is 0 Å². The largest absolute Gasteiger partial charge is 0.401 e. The lowest BCUT2D eigenvalue weighted by molar-refractivity contribution is -0.124. The number of fused-ring (bicyclic) bond motifs is 1. The van der Waals surface area contributed by atoms with E-state index in [1.807, 2.05) is 19.1 Å². The molecule has 0 radical (unpaired) electrons. The molecule has 0 spiro atoms. The summed E-state index contributed by atoms with van der Waals surface area (Å²) >= 11 is 0. The minimum Gasteiger partial charge on any atom is -0.302 e. The van der Waals surface area contributed by atoms with Gasteiger partial charge in [-0.3, -0.25) is 9.78 Å². The average molecular weight is 282 g/mol. The summed E-state index contributed by atoms with van der Waals surface area (Å²) in [6.45, 7) is 0.344. The van der Waals surface area contributed by atoms with Crippen molar-refractivity contribution in [3.63, 3.8) is 0 Å². The van der Waals surface area contributed by atoms with Crippen molar-refractivity contribution in [2.24, 2.45) is 0 Å². The number of halogens is 3. The number of aryl methyl sites for hydroxylation is 1. The molecule has 1 aromatic carbocycles. The van der Waals surface area contributed by atoms with Crippen molar-refractivity contribution in [3.05, 3.63) is 41.6 Å². The molecule has 3 nitrogen and oxygen atoms in total. The minimum atomic E-state index is -4.31. The number of hydrogen-bond acceptors (Lipinski definition) is 3. The summed E-state index contributed by atoms with van der Waals surface area (Å²) in [4.78, 5) is 16.1. The number of rotatable bonds is 4. The molecule has 106 valence electrons. The Balaban J connectivity index is 2.09. The van der Waals surface area contributed by atoms with Crippen LogP contribution < -0.4 is 5.32 Å². The van der Waals surface area contributed by atoms with Gasteiger partial charge in [-0.1, -0.05) is 6.07 Å². The maximum Gasteiger partial charge on any atom is 0.401 e. The molecular formula is C14H13F3N2O. The molecule has 20 heavy (non-hydrogen) atoms. The van der Waals surface area contributed by atoms with Gasteiger partial charge in [0.15, 0.2) is 5.78 Å². The molecule has 0 amide bonds. The van der Waals surface area contributed by atoms with E-state index < -0.39 is 12.7 Å². The first-order valence-electron chi connectivity index (χ1n) is 6.03. The van der Waals surface area contributed by atoms with E-state index in [1.54, 1.807) is 18.2 Å². The summed E-state index contributed by atoms with van der Waals surface area (Å²) in [5.41, 5.74) is 1.99. The number of Topliss-reactive ketones (excluding diaryl/α,β-unsaturated/α-hetero) is 1. The predicted octanol–water partition coefficient (Wildman–Crippen LogP) is 2.88. The first-order valence-corrected chi connectivity index (χ1v) is 6.03. The fourth-order valence-electron chi connectivity index (χ4n) is 1.82. The Bertz CT molecular complexity index is 638. The van der Waals surface area contributed by atoms with Crippen LogP contribution in [0.4, 0.5) is 13.2 Å². The summed E-state index contributed by atoms with van der Waals surface area (Å²) < 4.78 is 35.9. The first kappa shape index (κ1) is 14.5. The molecule has 1 N–H and O–H groups in total. The molecule has 0 saturated heterocycles. The molecular weight excluding hydrogens is 269 g/mol. The molecule has 0 fully saturated rings. The van der Waals surface area contributed by atoms with Gasteiger partial charge in [-0.15, -0.1) is 0 Å². The van der Waals surface area contributed by atoms with Crippen LogP contribution in [-0.2, 0) is 0 Å². The van der Waals surface area contributed by atoms with Crippen LogP contribution in [0.3, 0.4) is 0 Å². The van der Waals surface area contributed by atoms with E-state index in [0.29, 0.717) is 5.56 Å². The summed E-state index contributed by atoms with van der Waals surface area (Å²) in [6.07, 6.45) is -4.31. The van der Waals surface area contributed by atoms with Gasteiger partial charge in [0.05, 0.1) is 18.6 Å². The van der Waals surface area contributed by atoms with Crippen molar-refractivity contribution in [2.75, 3.05) is 13.1 Å². The van der Waals surface area contributed by atoms with E-state index in [0.717, 1.165) is 16.6 Å². The van der Waals surface area contributed by atoms with Crippen molar-refractivity contribution in [3.8, 4) is 0 Å². The quantitative estimate of drug-likeness (QED) is 0.877. The highest BCUT2D eigenvalue weighted by Crippen LogP contribution is 2.15. The van der Waals surface area contributed by atoms with Gasteiger partial charge >= 0.3 is 6.18 Å². The number of carbonyl (C=O) groups is 1. The third-order valence-corrected chi connectivity index (χ3v) is 2.76. The highest BCUT2D eigenvalue weighted by atomic mass is 19.4. The maximum atomic E-state index is 12.0. The molecule has 6 heteroatoms. The van der Waals surface area contributed by atoms with Crippen molar-refractivity contribution in [2.45, 2.75) is 13.1 Å². The van der Waals surface area contributed by atoms with Gasteiger partial charge < -0.3 is 5.32 Å². The monoisotopic (exact) mass is 282 g/mol. The van der Waals surface area contributed by atoms with Crippen molar-refractivity contribution < 1.29 is 18.0 Å². The smallest absolute Gasteiger partial charge is 0.302 e. The van der Waals surface area contributed by atoms with E-state index >= 15 is 0 Å². The van der Waals surface area contributed by atoms with Crippen molar-refractivity contribution in [1.82, 2.24) is 10.3 Å². The third-order valence-electron chi connectivity index (χ3n) is 2.76. The zero-order valence-corrected chi connectivity index (χ0v) is 10.8. The minimum absolute atomic E-state index is 0.343. The van der Waals surface area contributed by atoms with Crippen LogP contribution in [0.1, 0.15) is 16.1 Å². The molecule has 2 rings (SSSR count). The summed E-state index contributed by atoms with van der Waals surface area (Å²) in [7, 11) is 0. The van der Waals surface area contributed by atoms with Crippen LogP contribution in [0.15, 0.2) is 30.3 Å². The standard InChI is InChI=1S/C14H13F3N2O/c1-9-2-3-10-6-11(4-5-12(10)19-9)13(20)7-18-8-14(15,16)17/h2-6,18H,7-8H2,1H3. The number of pyridine rings is 1. The SMILES string of the molecule is Cc1ccc2cc(C(=O)CNCC(F)(F)F)ccc2n1. The van der Waals surface area contributed by atoms with Crippen LogP contribution in [0.2, 0.25) is 0 Å².